The van der Waals surface area contributed by atoms with Crippen LogP contribution in [0, 0.1) is 11.3 Å². The van der Waals surface area contributed by atoms with E-state index in [1.807, 2.05) is 6.92 Å². The molecule has 10 heavy (non-hydrogen) atoms. The lowest BCUT2D eigenvalue weighted by Crippen LogP contribution is -2.23. The molecule has 1 heteroatoms. The molecule has 0 fully saturated rings. The van der Waals surface area contributed by atoms with Crippen LogP contribution in [0.1, 0.15) is 27.7 Å². The van der Waals surface area contributed by atoms with Crippen LogP contribution in [0.25, 0.3) is 0 Å². The first-order chi connectivity index (χ1) is 4.45. The molecule has 0 spiro atoms. The molecular formula is C9H16O. The molecule has 0 heterocycles. The average Bonchev–Trinajstić information content (AvgIpc) is 1.95. The van der Waals surface area contributed by atoms with E-state index in [4.69, 9.17) is 0 Å². The molecule has 0 amide bonds. The molecule has 0 bridgehead atoms. The molecule has 1 aliphatic carbocycles. The Labute approximate surface area is 62.8 Å². The van der Waals surface area contributed by atoms with Gasteiger partial charge in [0, 0.05) is 0 Å². The van der Waals surface area contributed by atoms with Crippen LogP contribution in [0.15, 0.2) is 11.6 Å². The Balaban J connectivity index is 2.87. The lowest BCUT2D eigenvalue weighted by atomic mass is 9.82. The van der Waals surface area contributed by atoms with Gasteiger partial charge in [0.25, 0.3) is 0 Å². The molecule has 0 aliphatic heterocycles. The normalized spacial score (nSPS) is 37.9. The largest absolute Gasteiger partial charge is 0.388 e. The van der Waals surface area contributed by atoms with Gasteiger partial charge in [0.1, 0.15) is 0 Å². The second-order valence-electron chi connectivity index (χ2n) is 3.94. The van der Waals surface area contributed by atoms with Crippen LogP contribution in [0.4, 0.5) is 0 Å². The van der Waals surface area contributed by atoms with Gasteiger partial charge in [-0.15, -0.1) is 0 Å². The van der Waals surface area contributed by atoms with E-state index < -0.39 is 0 Å². The lowest BCUT2D eigenvalue weighted by Gasteiger charge is -2.24. The fraction of sp³-hybridized carbons (Fsp3) is 0.778. The molecule has 1 rings (SSSR count). The van der Waals surface area contributed by atoms with Gasteiger partial charge in [-0.05, 0) is 23.8 Å². The van der Waals surface area contributed by atoms with Crippen molar-refractivity contribution in [2.45, 2.75) is 33.8 Å². The SMILES string of the molecule is CC1=CC(C)(C)[C@@H](C)[C@H]1O. The van der Waals surface area contributed by atoms with E-state index >= 15 is 0 Å². The summed E-state index contributed by atoms with van der Waals surface area (Å²) in [6, 6.07) is 0. The summed E-state index contributed by atoms with van der Waals surface area (Å²) in [4.78, 5) is 0. The standard InChI is InChI=1S/C9H16O/c1-6-5-9(3,4)7(2)8(6)10/h5,7-8,10H,1-4H3/t7-,8-/m0/s1. The third kappa shape index (κ3) is 0.988. The van der Waals surface area contributed by atoms with Gasteiger partial charge in [0.2, 0.25) is 0 Å². The zero-order chi connectivity index (χ0) is 7.94. The van der Waals surface area contributed by atoms with Crippen molar-refractivity contribution in [3.8, 4) is 0 Å². The zero-order valence-electron chi connectivity index (χ0n) is 7.18. The van der Waals surface area contributed by atoms with Gasteiger partial charge in [-0.1, -0.05) is 26.8 Å². The van der Waals surface area contributed by atoms with E-state index in [9.17, 15) is 5.11 Å². The number of allylic oxidation sites excluding steroid dienone is 1. The van der Waals surface area contributed by atoms with Crippen LogP contribution in [0.2, 0.25) is 0 Å². The van der Waals surface area contributed by atoms with Crippen LogP contribution >= 0.6 is 0 Å². The molecule has 0 aromatic carbocycles. The highest BCUT2D eigenvalue weighted by Gasteiger charge is 2.36. The van der Waals surface area contributed by atoms with Crippen molar-refractivity contribution in [3.63, 3.8) is 0 Å². The highest BCUT2D eigenvalue weighted by Crippen LogP contribution is 2.40. The van der Waals surface area contributed by atoms with Crippen molar-refractivity contribution >= 4 is 0 Å². The Hall–Kier alpha value is -0.300. The van der Waals surface area contributed by atoms with Gasteiger partial charge < -0.3 is 5.11 Å². The van der Waals surface area contributed by atoms with E-state index in [0.717, 1.165) is 5.57 Å². The minimum atomic E-state index is -0.213. The Morgan fingerprint density at radius 3 is 2.10 bits per heavy atom. The lowest BCUT2D eigenvalue weighted by molar-refractivity contribution is 0.117. The van der Waals surface area contributed by atoms with E-state index in [2.05, 4.69) is 26.8 Å². The van der Waals surface area contributed by atoms with E-state index in [1.54, 1.807) is 0 Å². The first-order valence-electron chi connectivity index (χ1n) is 3.82. The molecule has 1 N–H and O–H groups in total. The van der Waals surface area contributed by atoms with Crippen LogP contribution < -0.4 is 0 Å². The molecule has 0 radical (unpaired) electrons. The minimum Gasteiger partial charge on any atom is -0.388 e. The average molecular weight is 140 g/mol. The summed E-state index contributed by atoms with van der Waals surface area (Å²) in [5.74, 6) is 0.368. The van der Waals surface area contributed by atoms with Gasteiger partial charge >= 0.3 is 0 Å². The van der Waals surface area contributed by atoms with E-state index in [-0.39, 0.29) is 11.5 Å². The fourth-order valence-electron chi connectivity index (χ4n) is 1.60. The molecule has 0 unspecified atom stereocenters. The Kier molecular flexibility index (Phi) is 1.63. The minimum absolute atomic E-state index is 0.184. The number of aliphatic hydroxyl groups excluding tert-OH is 1. The molecule has 0 aromatic heterocycles. The van der Waals surface area contributed by atoms with Crippen molar-refractivity contribution < 1.29 is 5.11 Å². The smallest absolute Gasteiger partial charge is 0.0781 e. The predicted octanol–water partition coefficient (Wildman–Crippen LogP) is 1.97. The third-order valence-electron chi connectivity index (χ3n) is 2.71. The summed E-state index contributed by atoms with van der Waals surface area (Å²) in [6.07, 6.45) is 1.96. The van der Waals surface area contributed by atoms with Gasteiger partial charge in [0.15, 0.2) is 0 Å². The van der Waals surface area contributed by atoms with Crippen LogP contribution in [-0.4, -0.2) is 11.2 Å². The topological polar surface area (TPSA) is 20.2 Å². The second-order valence-corrected chi connectivity index (χ2v) is 3.94. The molecule has 0 aromatic rings. The summed E-state index contributed by atoms with van der Waals surface area (Å²) in [5, 5.41) is 9.53. The molecule has 0 saturated heterocycles. The van der Waals surface area contributed by atoms with Crippen LogP contribution in [0.5, 0.6) is 0 Å². The highest BCUT2D eigenvalue weighted by atomic mass is 16.3. The molecule has 1 nitrogen and oxygen atoms in total. The van der Waals surface area contributed by atoms with Gasteiger partial charge in [-0.25, -0.2) is 0 Å². The summed E-state index contributed by atoms with van der Waals surface area (Å²) in [7, 11) is 0. The molecule has 0 saturated carbocycles. The van der Waals surface area contributed by atoms with Crippen LogP contribution in [-0.2, 0) is 0 Å². The first-order valence-corrected chi connectivity index (χ1v) is 3.82. The quantitative estimate of drug-likeness (QED) is 0.510. The maximum absolute atomic E-state index is 9.53. The fourth-order valence-corrected chi connectivity index (χ4v) is 1.60. The summed E-state index contributed by atoms with van der Waals surface area (Å²) < 4.78 is 0. The van der Waals surface area contributed by atoms with Crippen molar-refractivity contribution in [1.29, 1.82) is 0 Å². The van der Waals surface area contributed by atoms with Gasteiger partial charge in [0.05, 0.1) is 6.10 Å². The number of hydrogen-bond acceptors (Lipinski definition) is 1. The highest BCUT2D eigenvalue weighted by molar-refractivity contribution is 5.20. The summed E-state index contributed by atoms with van der Waals surface area (Å²) in [6.45, 7) is 8.42. The van der Waals surface area contributed by atoms with Crippen LogP contribution in [0.3, 0.4) is 0 Å². The van der Waals surface area contributed by atoms with Crippen molar-refractivity contribution in [3.05, 3.63) is 11.6 Å². The zero-order valence-corrected chi connectivity index (χ0v) is 7.18. The Morgan fingerprint density at radius 1 is 1.50 bits per heavy atom. The van der Waals surface area contributed by atoms with E-state index in [0.29, 0.717) is 5.92 Å². The van der Waals surface area contributed by atoms with Gasteiger partial charge in [-0.3, -0.25) is 0 Å². The van der Waals surface area contributed by atoms with Crippen molar-refractivity contribution in [2.75, 3.05) is 0 Å². The Bertz CT molecular complexity index is 168. The van der Waals surface area contributed by atoms with Crippen molar-refractivity contribution in [2.24, 2.45) is 11.3 Å². The molecular weight excluding hydrogens is 124 g/mol. The summed E-state index contributed by atoms with van der Waals surface area (Å²) >= 11 is 0. The monoisotopic (exact) mass is 140 g/mol. The Morgan fingerprint density at radius 2 is 2.00 bits per heavy atom. The molecule has 2 atom stereocenters. The number of hydrogen-bond donors (Lipinski definition) is 1. The number of rotatable bonds is 0. The first kappa shape index (κ1) is 7.80. The summed E-state index contributed by atoms with van der Waals surface area (Å²) in [5.41, 5.74) is 1.31. The third-order valence-corrected chi connectivity index (χ3v) is 2.71. The predicted molar refractivity (Wildman–Crippen MR) is 42.7 cm³/mol. The molecule has 1 aliphatic rings. The maximum Gasteiger partial charge on any atom is 0.0781 e. The van der Waals surface area contributed by atoms with Gasteiger partial charge in [-0.2, -0.15) is 0 Å². The van der Waals surface area contributed by atoms with Crippen molar-refractivity contribution in [1.82, 2.24) is 0 Å². The second kappa shape index (κ2) is 2.09. The molecule has 58 valence electrons. The van der Waals surface area contributed by atoms with E-state index in [1.165, 1.54) is 0 Å². The maximum atomic E-state index is 9.53. The number of aliphatic hydroxyl groups is 1.